The molecule has 0 aromatic rings. The van der Waals surface area contributed by atoms with Crippen LogP contribution in [-0.4, -0.2) is 51.0 Å². The predicted octanol–water partition coefficient (Wildman–Crippen LogP) is 0.620. The molecule has 0 atom stereocenters. The molecule has 0 spiro atoms. The lowest BCUT2D eigenvalue weighted by molar-refractivity contribution is -0.909. The molecule has 0 saturated heterocycles. The minimum Gasteiger partial charge on any atom is -0.460 e. The zero-order valence-electron chi connectivity index (χ0n) is 9.00. The first kappa shape index (κ1) is 12.4. The third kappa shape index (κ3) is 7.74. The summed E-state index contributed by atoms with van der Waals surface area (Å²) in [5.74, 6) is -0.226. The zero-order chi connectivity index (χ0) is 10.3. The average molecular weight is 190 g/mol. The van der Waals surface area contributed by atoms with E-state index in [0.717, 1.165) is 13.2 Å². The lowest BCUT2D eigenvalue weighted by Crippen LogP contribution is -2.44. The van der Waals surface area contributed by atoms with Crippen LogP contribution in [0.25, 0.3) is 0 Å². The van der Waals surface area contributed by atoms with Crippen molar-refractivity contribution in [1.82, 2.24) is 0 Å². The van der Waals surface area contributed by atoms with E-state index in [1.54, 1.807) is 0 Å². The van der Waals surface area contributed by atoms with Gasteiger partial charge in [0.1, 0.15) is 13.2 Å². The number of likely N-dealkylation sites (N-methyl/N-ethyl adjacent to an activating group) is 1. The quantitative estimate of drug-likeness (QED) is 0.350. The van der Waals surface area contributed by atoms with E-state index in [1.807, 2.05) is 21.0 Å². The molecule has 0 aliphatic rings. The standard InChI is InChI=1S/C9H20NO3/c1-5-12-8-10(3,4)6-7-13-9(2)11/h5-8H2,1-4H3/q+1. The molecule has 4 heteroatoms. The van der Waals surface area contributed by atoms with Gasteiger partial charge in [0.2, 0.25) is 0 Å². The van der Waals surface area contributed by atoms with Gasteiger partial charge in [-0.25, -0.2) is 0 Å². The lowest BCUT2D eigenvalue weighted by atomic mass is 10.5. The van der Waals surface area contributed by atoms with Crippen LogP contribution in [0, 0.1) is 0 Å². The van der Waals surface area contributed by atoms with E-state index in [2.05, 4.69) is 0 Å². The minimum atomic E-state index is -0.226. The van der Waals surface area contributed by atoms with Crippen molar-refractivity contribution in [2.24, 2.45) is 0 Å². The van der Waals surface area contributed by atoms with Crippen LogP contribution >= 0.6 is 0 Å². The topological polar surface area (TPSA) is 35.5 Å². The van der Waals surface area contributed by atoms with Crippen molar-refractivity contribution in [2.75, 3.05) is 40.6 Å². The summed E-state index contributed by atoms with van der Waals surface area (Å²) >= 11 is 0. The highest BCUT2D eigenvalue weighted by molar-refractivity contribution is 5.65. The maximum Gasteiger partial charge on any atom is 0.302 e. The van der Waals surface area contributed by atoms with Crippen LogP contribution in [0.4, 0.5) is 0 Å². The second-order valence-corrected chi connectivity index (χ2v) is 3.62. The first-order valence-electron chi connectivity index (χ1n) is 4.51. The Labute approximate surface area is 80.0 Å². The number of carbonyl (C=O) groups excluding carboxylic acids is 1. The number of ether oxygens (including phenoxy) is 2. The Morgan fingerprint density at radius 2 is 2.00 bits per heavy atom. The van der Waals surface area contributed by atoms with Crippen molar-refractivity contribution in [1.29, 1.82) is 0 Å². The fourth-order valence-corrected chi connectivity index (χ4v) is 0.839. The summed E-state index contributed by atoms with van der Waals surface area (Å²) in [6, 6.07) is 0. The molecule has 0 heterocycles. The van der Waals surface area contributed by atoms with E-state index in [1.165, 1.54) is 6.92 Å². The van der Waals surface area contributed by atoms with Crippen LogP contribution in [0.1, 0.15) is 13.8 Å². The fraction of sp³-hybridized carbons (Fsp3) is 0.889. The Hall–Kier alpha value is -0.610. The third-order valence-corrected chi connectivity index (χ3v) is 1.65. The van der Waals surface area contributed by atoms with Gasteiger partial charge in [-0.05, 0) is 6.92 Å². The van der Waals surface area contributed by atoms with E-state index < -0.39 is 0 Å². The number of rotatable bonds is 6. The molecule has 0 aromatic heterocycles. The number of quaternary nitrogens is 1. The van der Waals surface area contributed by atoms with E-state index in [0.29, 0.717) is 17.8 Å². The highest BCUT2D eigenvalue weighted by atomic mass is 16.5. The molecule has 4 nitrogen and oxygen atoms in total. The number of hydrogen-bond acceptors (Lipinski definition) is 3. The molecule has 0 aliphatic carbocycles. The maximum atomic E-state index is 10.5. The van der Waals surface area contributed by atoms with E-state index in [4.69, 9.17) is 9.47 Å². The molecular weight excluding hydrogens is 170 g/mol. The third-order valence-electron chi connectivity index (χ3n) is 1.65. The number of hydrogen-bond donors (Lipinski definition) is 0. The first-order valence-corrected chi connectivity index (χ1v) is 4.51. The van der Waals surface area contributed by atoms with Gasteiger partial charge in [0.25, 0.3) is 0 Å². The second kappa shape index (κ2) is 5.94. The smallest absolute Gasteiger partial charge is 0.302 e. The molecular formula is C9H20NO3+. The summed E-state index contributed by atoms with van der Waals surface area (Å²) in [4.78, 5) is 10.5. The van der Waals surface area contributed by atoms with E-state index in [-0.39, 0.29) is 5.97 Å². The van der Waals surface area contributed by atoms with Crippen molar-refractivity contribution in [3.8, 4) is 0 Å². The molecule has 0 amide bonds. The zero-order valence-corrected chi connectivity index (χ0v) is 9.00. The Balaban J connectivity index is 3.56. The van der Waals surface area contributed by atoms with Gasteiger partial charge in [-0.2, -0.15) is 0 Å². The molecule has 78 valence electrons. The Morgan fingerprint density at radius 1 is 1.38 bits per heavy atom. The average Bonchev–Trinajstić information content (AvgIpc) is 2.00. The molecule has 0 N–H and O–H groups in total. The number of esters is 1. The van der Waals surface area contributed by atoms with Crippen molar-refractivity contribution < 1.29 is 18.8 Å². The molecule has 0 aliphatic heterocycles. The van der Waals surface area contributed by atoms with Crippen molar-refractivity contribution >= 4 is 5.97 Å². The summed E-state index contributed by atoms with van der Waals surface area (Å²) in [6.45, 7) is 5.98. The lowest BCUT2D eigenvalue weighted by Gasteiger charge is -2.28. The summed E-state index contributed by atoms with van der Waals surface area (Å²) in [5.41, 5.74) is 0. The van der Waals surface area contributed by atoms with Crippen LogP contribution in [-0.2, 0) is 14.3 Å². The van der Waals surface area contributed by atoms with E-state index >= 15 is 0 Å². The highest BCUT2D eigenvalue weighted by Gasteiger charge is 2.14. The second-order valence-electron chi connectivity index (χ2n) is 3.62. The number of carbonyl (C=O) groups is 1. The molecule has 0 fully saturated rings. The van der Waals surface area contributed by atoms with Crippen LogP contribution < -0.4 is 0 Å². The molecule has 0 rings (SSSR count). The van der Waals surface area contributed by atoms with Crippen molar-refractivity contribution in [3.63, 3.8) is 0 Å². The van der Waals surface area contributed by atoms with Gasteiger partial charge in [0.05, 0.1) is 14.1 Å². The van der Waals surface area contributed by atoms with Crippen LogP contribution in [0.5, 0.6) is 0 Å². The van der Waals surface area contributed by atoms with Gasteiger partial charge in [-0.1, -0.05) is 0 Å². The molecule has 0 saturated carbocycles. The van der Waals surface area contributed by atoms with Gasteiger partial charge < -0.3 is 14.0 Å². The molecule has 13 heavy (non-hydrogen) atoms. The van der Waals surface area contributed by atoms with Gasteiger partial charge in [-0.15, -0.1) is 0 Å². The highest BCUT2D eigenvalue weighted by Crippen LogP contribution is 1.97. The molecule has 0 bridgehead atoms. The summed E-state index contributed by atoms with van der Waals surface area (Å²) in [7, 11) is 4.08. The SMILES string of the molecule is CCOC[N+](C)(C)CCOC(C)=O. The Bertz CT molecular complexity index is 157. The van der Waals surface area contributed by atoms with Crippen LogP contribution in [0.2, 0.25) is 0 Å². The maximum absolute atomic E-state index is 10.5. The monoisotopic (exact) mass is 190 g/mol. The molecule has 0 unspecified atom stereocenters. The van der Waals surface area contributed by atoms with Crippen molar-refractivity contribution in [3.05, 3.63) is 0 Å². The van der Waals surface area contributed by atoms with E-state index in [9.17, 15) is 4.79 Å². The first-order chi connectivity index (χ1) is 5.98. The van der Waals surface area contributed by atoms with Crippen LogP contribution in [0.15, 0.2) is 0 Å². The minimum absolute atomic E-state index is 0.226. The van der Waals surface area contributed by atoms with Crippen molar-refractivity contribution in [2.45, 2.75) is 13.8 Å². The van der Waals surface area contributed by atoms with Gasteiger partial charge in [0, 0.05) is 13.5 Å². The summed E-state index contributed by atoms with van der Waals surface area (Å²) in [6.07, 6.45) is 0. The normalized spacial score (nSPS) is 11.4. The Morgan fingerprint density at radius 3 is 2.46 bits per heavy atom. The summed E-state index contributed by atoms with van der Waals surface area (Å²) in [5, 5.41) is 0. The summed E-state index contributed by atoms with van der Waals surface area (Å²) < 4.78 is 10.8. The van der Waals surface area contributed by atoms with Gasteiger partial charge in [0.15, 0.2) is 6.73 Å². The van der Waals surface area contributed by atoms with Crippen LogP contribution in [0.3, 0.4) is 0 Å². The largest absolute Gasteiger partial charge is 0.460 e. The molecule has 0 radical (unpaired) electrons. The number of nitrogens with zero attached hydrogens (tertiary/aromatic N) is 1. The molecule has 0 aromatic carbocycles. The van der Waals surface area contributed by atoms with Gasteiger partial charge in [-0.3, -0.25) is 4.79 Å². The Kier molecular flexibility index (Phi) is 5.66. The fourth-order valence-electron chi connectivity index (χ4n) is 0.839. The predicted molar refractivity (Wildman–Crippen MR) is 50.1 cm³/mol. The van der Waals surface area contributed by atoms with Gasteiger partial charge >= 0.3 is 5.97 Å².